The number of likely N-dealkylation sites (tertiary alicyclic amines) is 1. The summed E-state index contributed by atoms with van der Waals surface area (Å²) in [6.07, 6.45) is 13.5. The lowest BCUT2D eigenvalue weighted by Crippen LogP contribution is -2.40. The fourth-order valence-electron chi connectivity index (χ4n) is 4.75. The predicted molar refractivity (Wildman–Crippen MR) is 96.1 cm³/mol. The third-order valence-electron chi connectivity index (χ3n) is 6.28. The summed E-state index contributed by atoms with van der Waals surface area (Å²) in [7, 11) is 0. The smallest absolute Gasteiger partial charge is 0.225 e. The van der Waals surface area contributed by atoms with Crippen molar-refractivity contribution in [2.24, 2.45) is 11.8 Å². The van der Waals surface area contributed by atoms with E-state index in [1.807, 2.05) is 11.3 Å². The number of hydrogen-bond donors (Lipinski definition) is 0. The van der Waals surface area contributed by atoms with Crippen LogP contribution in [0.25, 0.3) is 0 Å². The van der Waals surface area contributed by atoms with E-state index in [0.29, 0.717) is 17.7 Å². The molecule has 132 valence electrons. The Hall–Kier alpha value is -0.970. The van der Waals surface area contributed by atoms with Crippen LogP contribution in [0.1, 0.15) is 80.1 Å². The molecule has 2 saturated carbocycles. The van der Waals surface area contributed by atoms with Crippen LogP contribution in [-0.2, 0) is 11.2 Å². The summed E-state index contributed by atoms with van der Waals surface area (Å²) in [6.45, 7) is 1.83. The molecule has 2 heterocycles. The van der Waals surface area contributed by atoms with Gasteiger partial charge in [-0.25, -0.2) is 0 Å². The van der Waals surface area contributed by atoms with Crippen LogP contribution in [0.4, 0.5) is 0 Å². The van der Waals surface area contributed by atoms with Crippen LogP contribution in [0.3, 0.4) is 0 Å². The number of hydrogen-bond acceptors (Lipinski definition) is 4. The van der Waals surface area contributed by atoms with Crippen molar-refractivity contribution in [3.05, 3.63) is 10.0 Å². The van der Waals surface area contributed by atoms with Crippen LogP contribution in [0.5, 0.6) is 0 Å². The van der Waals surface area contributed by atoms with Crippen molar-refractivity contribution in [3.63, 3.8) is 0 Å². The van der Waals surface area contributed by atoms with Gasteiger partial charge in [-0.2, -0.15) is 0 Å². The minimum atomic E-state index is 0.320. The van der Waals surface area contributed by atoms with Gasteiger partial charge in [-0.1, -0.05) is 38.5 Å². The molecule has 4 nitrogen and oxygen atoms in total. The van der Waals surface area contributed by atoms with Crippen molar-refractivity contribution in [2.75, 3.05) is 13.1 Å². The van der Waals surface area contributed by atoms with Gasteiger partial charge in [-0.3, -0.25) is 4.79 Å². The number of amides is 1. The van der Waals surface area contributed by atoms with Crippen LogP contribution < -0.4 is 0 Å². The van der Waals surface area contributed by atoms with Crippen LogP contribution in [0, 0.1) is 11.8 Å². The van der Waals surface area contributed by atoms with Crippen molar-refractivity contribution in [1.29, 1.82) is 0 Å². The summed E-state index contributed by atoms with van der Waals surface area (Å²) in [5.74, 6) is 2.11. The van der Waals surface area contributed by atoms with Crippen LogP contribution in [0.15, 0.2) is 0 Å². The van der Waals surface area contributed by atoms with Gasteiger partial charge in [-0.05, 0) is 31.6 Å². The molecule has 3 aliphatic rings. The van der Waals surface area contributed by atoms with Crippen molar-refractivity contribution in [2.45, 2.75) is 76.5 Å². The number of rotatable bonds is 4. The topological polar surface area (TPSA) is 46.1 Å². The molecule has 3 fully saturated rings. The number of carbonyl (C=O) groups excluding carboxylic acids is 1. The fourth-order valence-corrected chi connectivity index (χ4v) is 5.88. The van der Waals surface area contributed by atoms with Gasteiger partial charge in [0.05, 0.1) is 0 Å². The lowest BCUT2D eigenvalue weighted by atomic mass is 9.96. The third-order valence-corrected chi connectivity index (χ3v) is 7.39. The summed E-state index contributed by atoms with van der Waals surface area (Å²) in [6, 6.07) is 0. The second-order valence-corrected chi connectivity index (χ2v) is 9.06. The molecule has 0 spiro atoms. The summed E-state index contributed by atoms with van der Waals surface area (Å²) in [5, 5.41) is 11.4. The average molecular weight is 348 g/mol. The summed E-state index contributed by atoms with van der Waals surface area (Å²) >= 11 is 1.84. The molecule has 1 amide bonds. The molecule has 0 bridgehead atoms. The first-order chi connectivity index (χ1) is 11.8. The molecular weight excluding hydrogens is 318 g/mol. The molecule has 1 aliphatic heterocycles. The van der Waals surface area contributed by atoms with E-state index < -0.39 is 0 Å². The molecule has 24 heavy (non-hydrogen) atoms. The average Bonchev–Trinajstić information content (AvgIpc) is 3.37. The molecule has 0 radical (unpaired) electrons. The molecule has 0 unspecified atom stereocenters. The van der Waals surface area contributed by atoms with Gasteiger partial charge in [0.2, 0.25) is 5.91 Å². The van der Waals surface area contributed by atoms with Crippen molar-refractivity contribution in [3.8, 4) is 0 Å². The summed E-state index contributed by atoms with van der Waals surface area (Å²) in [5.41, 5.74) is 0. The van der Waals surface area contributed by atoms with Crippen molar-refractivity contribution >= 4 is 17.2 Å². The number of aromatic nitrogens is 2. The molecular formula is C19H29N3OS. The van der Waals surface area contributed by atoms with E-state index >= 15 is 0 Å². The van der Waals surface area contributed by atoms with Gasteiger partial charge in [-0.15, -0.1) is 21.5 Å². The number of carbonyl (C=O) groups is 1. The standard InChI is InChI=1S/C19H29N3OS/c23-19(16-7-3-4-8-16)22-11-9-15(10-12-22)18-21-20-17(24-18)13-14-5-1-2-6-14/h14-16H,1-13H2. The van der Waals surface area contributed by atoms with Crippen LogP contribution in [0.2, 0.25) is 0 Å². The molecule has 0 atom stereocenters. The highest BCUT2D eigenvalue weighted by molar-refractivity contribution is 7.11. The van der Waals surface area contributed by atoms with Gasteiger partial charge < -0.3 is 4.90 Å². The van der Waals surface area contributed by atoms with E-state index in [-0.39, 0.29) is 0 Å². The zero-order valence-electron chi connectivity index (χ0n) is 14.6. The molecule has 2 aliphatic carbocycles. The van der Waals surface area contributed by atoms with Crippen molar-refractivity contribution in [1.82, 2.24) is 15.1 Å². The quantitative estimate of drug-likeness (QED) is 0.821. The zero-order valence-corrected chi connectivity index (χ0v) is 15.4. The summed E-state index contributed by atoms with van der Waals surface area (Å²) in [4.78, 5) is 14.7. The second kappa shape index (κ2) is 7.51. The van der Waals surface area contributed by atoms with E-state index in [1.165, 1.54) is 48.5 Å². The lowest BCUT2D eigenvalue weighted by molar-refractivity contribution is -0.136. The van der Waals surface area contributed by atoms with E-state index in [9.17, 15) is 4.79 Å². The predicted octanol–water partition coefficient (Wildman–Crippen LogP) is 4.17. The maximum Gasteiger partial charge on any atom is 0.225 e. The van der Waals surface area contributed by atoms with Gasteiger partial charge >= 0.3 is 0 Å². The minimum absolute atomic E-state index is 0.320. The fraction of sp³-hybridized carbons (Fsp3) is 0.842. The normalized spacial score (nSPS) is 24.1. The van der Waals surface area contributed by atoms with E-state index in [0.717, 1.165) is 51.1 Å². The maximum atomic E-state index is 12.5. The van der Waals surface area contributed by atoms with Gasteiger partial charge in [0, 0.05) is 31.3 Å². The Morgan fingerprint density at radius 2 is 1.62 bits per heavy atom. The second-order valence-electron chi connectivity index (χ2n) is 7.97. The number of piperidine rings is 1. The Labute approximate surface area is 149 Å². The Kier molecular flexibility index (Phi) is 5.16. The highest BCUT2D eigenvalue weighted by atomic mass is 32.1. The van der Waals surface area contributed by atoms with E-state index in [1.54, 1.807) is 0 Å². The molecule has 1 aromatic rings. The van der Waals surface area contributed by atoms with Crippen LogP contribution >= 0.6 is 11.3 Å². The first-order valence-corrected chi connectivity index (χ1v) is 10.7. The SMILES string of the molecule is O=C(C1CCCC1)N1CCC(c2nnc(CC3CCCC3)s2)CC1. The van der Waals surface area contributed by atoms with E-state index in [2.05, 4.69) is 15.1 Å². The first-order valence-electron chi connectivity index (χ1n) is 9.90. The largest absolute Gasteiger partial charge is 0.342 e. The Morgan fingerprint density at radius 3 is 2.33 bits per heavy atom. The van der Waals surface area contributed by atoms with Gasteiger partial charge in [0.1, 0.15) is 10.0 Å². The monoisotopic (exact) mass is 347 g/mol. The highest BCUT2D eigenvalue weighted by Gasteiger charge is 2.31. The Balaban J connectivity index is 1.29. The van der Waals surface area contributed by atoms with Crippen molar-refractivity contribution < 1.29 is 4.79 Å². The van der Waals surface area contributed by atoms with Crippen LogP contribution in [-0.4, -0.2) is 34.1 Å². The molecule has 1 saturated heterocycles. The molecule has 0 N–H and O–H groups in total. The first kappa shape index (κ1) is 16.5. The Morgan fingerprint density at radius 1 is 0.958 bits per heavy atom. The molecule has 5 heteroatoms. The number of nitrogens with zero attached hydrogens (tertiary/aromatic N) is 3. The van der Waals surface area contributed by atoms with E-state index in [4.69, 9.17) is 0 Å². The third kappa shape index (κ3) is 3.66. The molecule has 0 aromatic carbocycles. The van der Waals surface area contributed by atoms with Gasteiger partial charge in [0.15, 0.2) is 0 Å². The molecule has 1 aromatic heterocycles. The molecule has 4 rings (SSSR count). The Bertz CT molecular complexity index is 553. The van der Waals surface area contributed by atoms with Gasteiger partial charge in [0.25, 0.3) is 0 Å². The highest BCUT2D eigenvalue weighted by Crippen LogP contribution is 2.34. The lowest BCUT2D eigenvalue weighted by Gasteiger charge is -2.32. The minimum Gasteiger partial charge on any atom is -0.342 e. The zero-order chi connectivity index (χ0) is 16.4. The summed E-state index contributed by atoms with van der Waals surface area (Å²) < 4.78 is 0. The maximum absolute atomic E-state index is 12.5.